The van der Waals surface area contributed by atoms with Gasteiger partial charge in [-0.15, -0.1) is 11.3 Å². The van der Waals surface area contributed by atoms with Crippen molar-refractivity contribution in [2.45, 2.75) is 70.2 Å². The Kier molecular flexibility index (Phi) is 5.22. The second-order valence-corrected chi connectivity index (χ2v) is 9.54. The summed E-state index contributed by atoms with van der Waals surface area (Å²) in [5, 5.41) is 13.3. The number of likely N-dealkylation sites (tertiary alicyclic amines) is 1. The fourth-order valence-electron chi connectivity index (χ4n) is 4.30. The smallest absolute Gasteiger partial charge is 0.318 e. The molecule has 28 heavy (non-hydrogen) atoms. The molecule has 1 aliphatic heterocycles. The minimum absolute atomic E-state index is 0.00840. The number of rotatable bonds is 4. The highest BCUT2D eigenvalue weighted by Gasteiger charge is 2.41. The normalized spacial score (nSPS) is 28.1. The predicted octanol–water partition coefficient (Wildman–Crippen LogP) is 3.79. The number of aromatic nitrogens is 1. The van der Waals surface area contributed by atoms with Crippen molar-refractivity contribution in [2.75, 3.05) is 6.54 Å². The summed E-state index contributed by atoms with van der Waals surface area (Å²) in [5.74, 6) is 1.11. The Morgan fingerprint density at radius 2 is 2.07 bits per heavy atom. The van der Waals surface area contributed by atoms with Gasteiger partial charge in [0, 0.05) is 6.04 Å². The zero-order chi connectivity index (χ0) is 19.9. The fraction of sp³-hybridized carbons (Fsp3) is 0.619. The largest absolute Gasteiger partial charge is 0.484 e. The van der Waals surface area contributed by atoms with E-state index >= 15 is 0 Å². The van der Waals surface area contributed by atoms with Crippen molar-refractivity contribution >= 4 is 27.6 Å². The standard InChI is InChI=1S/C21H29N3O3S/c1-13-17(27-16-5-4-6-18-19(16)22-12-28-18)11-24(13)20(25)23-15-9-7-14(8-10-15)21(2,3)26/h4-6,12-15,17,26H,7-11H2,1-3H3,(H,23,25)/t13-,14?,15?,17-/m0/s1. The van der Waals surface area contributed by atoms with Crippen LogP contribution >= 0.6 is 11.3 Å². The first-order valence-corrected chi connectivity index (χ1v) is 11.0. The van der Waals surface area contributed by atoms with Crippen LogP contribution in [0.2, 0.25) is 0 Å². The van der Waals surface area contributed by atoms with Gasteiger partial charge in [0.05, 0.1) is 28.4 Å². The van der Waals surface area contributed by atoms with Gasteiger partial charge in [-0.1, -0.05) is 6.07 Å². The van der Waals surface area contributed by atoms with Gasteiger partial charge in [0.1, 0.15) is 17.4 Å². The summed E-state index contributed by atoms with van der Waals surface area (Å²) >= 11 is 1.60. The number of nitrogens with one attached hydrogen (secondary N) is 1. The number of ether oxygens (including phenoxy) is 1. The molecule has 2 heterocycles. The molecule has 0 radical (unpaired) electrons. The quantitative estimate of drug-likeness (QED) is 0.815. The van der Waals surface area contributed by atoms with Crippen molar-refractivity contribution in [3.8, 4) is 5.75 Å². The summed E-state index contributed by atoms with van der Waals surface area (Å²) in [4.78, 5) is 18.9. The highest BCUT2D eigenvalue weighted by molar-refractivity contribution is 7.16. The van der Waals surface area contributed by atoms with Crippen molar-refractivity contribution in [1.82, 2.24) is 15.2 Å². The maximum absolute atomic E-state index is 12.7. The number of urea groups is 1. The molecule has 1 saturated carbocycles. The monoisotopic (exact) mass is 403 g/mol. The molecule has 2 fully saturated rings. The van der Waals surface area contributed by atoms with Gasteiger partial charge in [-0.25, -0.2) is 9.78 Å². The number of hydrogen-bond acceptors (Lipinski definition) is 5. The average molecular weight is 404 g/mol. The Balaban J connectivity index is 1.28. The molecule has 2 aliphatic rings. The van der Waals surface area contributed by atoms with E-state index in [9.17, 15) is 9.90 Å². The number of thiazole rings is 1. The molecule has 0 spiro atoms. The van der Waals surface area contributed by atoms with Gasteiger partial charge in [-0.05, 0) is 64.5 Å². The van der Waals surface area contributed by atoms with Gasteiger partial charge in [0.2, 0.25) is 0 Å². The highest BCUT2D eigenvalue weighted by Crippen LogP contribution is 2.33. The van der Waals surface area contributed by atoms with Crippen LogP contribution in [-0.4, -0.2) is 51.4 Å². The molecule has 1 aliphatic carbocycles. The van der Waals surface area contributed by atoms with E-state index < -0.39 is 5.60 Å². The predicted molar refractivity (Wildman–Crippen MR) is 111 cm³/mol. The summed E-state index contributed by atoms with van der Waals surface area (Å²) in [6, 6.07) is 6.18. The van der Waals surface area contributed by atoms with Crippen LogP contribution in [0.5, 0.6) is 5.75 Å². The Morgan fingerprint density at radius 1 is 1.32 bits per heavy atom. The van der Waals surface area contributed by atoms with Crippen molar-refractivity contribution in [3.05, 3.63) is 23.7 Å². The molecule has 2 atom stereocenters. The van der Waals surface area contributed by atoms with Gasteiger partial charge in [-0.3, -0.25) is 0 Å². The lowest BCUT2D eigenvalue weighted by atomic mass is 9.77. The molecule has 6 nitrogen and oxygen atoms in total. The number of carbonyl (C=O) groups excluding carboxylic acids is 1. The maximum Gasteiger partial charge on any atom is 0.318 e. The zero-order valence-electron chi connectivity index (χ0n) is 16.7. The Hall–Kier alpha value is -1.86. The molecule has 2 N–H and O–H groups in total. The second kappa shape index (κ2) is 7.52. The van der Waals surface area contributed by atoms with Crippen molar-refractivity contribution in [2.24, 2.45) is 5.92 Å². The van der Waals surface area contributed by atoms with Crippen LogP contribution in [0.4, 0.5) is 4.79 Å². The minimum atomic E-state index is -0.633. The van der Waals surface area contributed by atoms with Crippen LogP contribution in [0.3, 0.4) is 0 Å². The number of amides is 2. The van der Waals surface area contributed by atoms with Crippen molar-refractivity contribution in [1.29, 1.82) is 0 Å². The number of hydrogen-bond donors (Lipinski definition) is 2. The number of carbonyl (C=O) groups is 1. The Morgan fingerprint density at radius 3 is 2.75 bits per heavy atom. The third-order valence-corrected chi connectivity index (χ3v) is 7.12. The maximum atomic E-state index is 12.7. The molecular formula is C21H29N3O3S. The molecule has 0 unspecified atom stereocenters. The van der Waals surface area contributed by atoms with Crippen LogP contribution in [0.15, 0.2) is 23.7 Å². The topological polar surface area (TPSA) is 74.7 Å². The molecule has 0 bridgehead atoms. The van der Waals surface area contributed by atoms with Crippen molar-refractivity contribution in [3.63, 3.8) is 0 Å². The van der Waals surface area contributed by atoms with Gasteiger partial charge in [-0.2, -0.15) is 0 Å². The molecule has 152 valence electrons. The number of fused-ring (bicyclic) bond motifs is 1. The average Bonchev–Trinajstić information content (AvgIpc) is 3.13. The lowest BCUT2D eigenvalue weighted by Gasteiger charge is -2.46. The summed E-state index contributed by atoms with van der Waals surface area (Å²) in [7, 11) is 0. The van der Waals surface area contributed by atoms with Gasteiger partial charge in [0.15, 0.2) is 0 Å². The number of benzene rings is 1. The molecule has 1 aromatic heterocycles. The molecule has 2 amide bonds. The number of aliphatic hydroxyl groups is 1. The van der Waals surface area contributed by atoms with Gasteiger partial charge < -0.3 is 20.1 Å². The zero-order valence-corrected chi connectivity index (χ0v) is 17.5. The first-order valence-electron chi connectivity index (χ1n) is 10.1. The SMILES string of the molecule is C[C@H]1[C@@H](Oc2cccc3scnc23)CN1C(=O)NC1CCC(C(C)(C)O)CC1. The number of nitrogens with zero attached hydrogens (tertiary/aromatic N) is 2. The Bertz CT molecular complexity index is 839. The van der Waals surface area contributed by atoms with Crippen LogP contribution in [-0.2, 0) is 0 Å². The number of para-hydroxylation sites is 1. The second-order valence-electron chi connectivity index (χ2n) is 8.66. The van der Waals surface area contributed by atoms with E-state index in [1.807, 2.05) is 49.4 Å². The van der Waals surface area contributed by atoms with Crippen LogP contribution < -0.4 is 10.1 Å². The van der Waals surface area contributed by atoms with Crippen LogP contribution in [0.1, 0.15) is 46.5 Å². The molecule has 4 rings (SSSR count). The highest BCUT2D eigenvalue weighted by atomic mass is 32.1. The first-order chi connectivity index (χ1) is 13.3. The molecule has 1 aromatic carbocycles. The lowest BCUT2D eigenvalue weighted by Crippen LogP contribution is -2.65. The van der Waals surface area contributed by atoms with Crippen LogP contribution in [0.25, 0.3) is 10.2 Å². The van der Waals surface area contributed by atoms with E-state index in [0.29, 0.717) is 12.5 Å². The van der Waals surface area contributed by atoms with E-state index in [1.165, 1.54) is 0 Å². The molecule has 1 saturated heterocycles. The third-order valence-electron chi connectivity index (χ3n) is 6.32. The third kappa shape index (κ3) is 3.82. The van der Waals surface area contributed by atoms with Gasteiger partial charge in [0.25, 0.3) is 0 Å². The summed E-state index contributed by atoms with van der Waals surface area (Å²) in [5.41, 5.74) is 2.09. The lowest BCUT2D eigenvalue weighted by molar-refractivity contribution is -0.0120. The van der Waals surface area contributed by atoms with E-state index in [2.05, 4.69) is 10.3 Å². The summed E-state index contributed by atoms with van der Waals surface area (Å²) in [6.07, 6.45) is 3.74. The van der Waals surface area contributed by atoms with Crippen molar-refractivity contribution < 1.29 is 14.6 Å². The van der Waals surface area contributed by atoms with E-state index in [-0.39, 0.29) is 24.2 Å². The molecule has 7 heteroatoms. The first kappa shape index (κ1) is 19.5. The molecular weight excluding hydrogens is 374 g/mol. The van der Waals surface area contributed by atoms with E-state index in [4.69, 9.17) is 4.74 Å². The van der Waals surface area contributed by atoms with Gasteiger partial charge >= 0.3 is 6.03 Å². The van der Waals surface area contributed by atoms with E-state index in [1.54, 1.807) is 11.3 Å². The minimum Gasteiger partial charge on any atom is -0.484 e. The summed E-state index contributed by atoms with van der Waals surface area (Å²) in [6.45, 7) is 6.38. The molecule has 2 aromatic rings. The Labute approximate surface area is 169 Å². The van der Waals surface area contributed by atoms with Crippen LogP contribution in [0, 0.1) is 5.92 Å². The fourth-order valence-corrected chi connectivity index (χ4v) is 4.99. The summed E-state index contributed by atoms with van der Waals surface area (Å²) < 4.78 is 7.26. The van der Waals surface area contributed by atoms with E-state index in [0.717, 1.165) is 41.6 Å².